The number of ether oxygens (including phenoxy) is 1. The Hall–Kier alpha value is -1.81. The van der Waals surface area contributed by atoms with Crippen molar-refractivity contribution in [3.63, 3.8) is 0 Å². The van der Waals surface area contributed by atoms with Gasteiger partial charge in [0.1, 0.15) is 5.75 Å². The van der Waals surface area contributed by atoms with Gasteiger partial charge >= 0.3 is 0 Å². The Balaban J connectivity index is 2.23. The van der Waals surface area contributed by atoms with Crippen molar-refractivity contribution in [2.24, 2.45) is 0 Å². The van der Waals surface area contributed by atoms with E-state index in [1.54, 1.807) is 13.1 Å². The van der Waals surface area contributed by atoms with Gasteiger partial charge in [-0.3, -0.25) is 4.68 Å². The smallest absolute Gasteiger partial charge is 0.165 e. The number of benzene rings is 1. The zero-order chi connectivity index (χ0) is 13.1. The molecule has 0 unspecified atom stereocenters. The Bertz CT molecular complexity index is 518. The van der Waals surface area contributed by atoms with Crippen molar-refractivity contribution >= 4 is 0 Å². The van der Waals surface area contributed by atoms with Crippen LogP contribution >= 0.6 is 0 Å². The van der Waals surface area contributed by atoms with Crippen LogP contribution in [0.3, 0.4) is 0 Å². The Kier molecular flexibility index (Phi) is 3.67. The van der Waals surface area contributed by atoms with E-state index in [9.17, 15) is 5.11 Å². The first-order valence-corrected chi connectivity index (χ1v) is 6.07. The molecule has 0 saturated carbocycles. The van der Waals surface area contributed by atoms with Gasteiger partial charge in [-0.15, -0.1) is 0 Å². The summed E-state index contributed by atoms with van der Waals surface area (Å²) in [5.74, 6) is 1.34. The number of hydrogen-bond acceptors (Lipinski definition) is 3. The maximum absolute atomic E-state index is 9.68. The van der Waals surface area contributed by atoms with Crippen molar-refractivity contribution in [2.75, 3.05) is 0 Å². The maximum Gasteiger partial charge on any atom is 0.165 e. The molecule has 0 aliphatic rings. The van der Waals surface area contributed by atoms with E-state index in [0.717, 1.165) is 5.56 Å². The van der Waals surface area contributed by atoms with Crippen LogP contribution in [0.1, 0.15) is 38.5 Å². The van der Waals surface area contributed by atoms with Gasteiger partial charge in [0.25, 0.3) is 0 Å². The van der Waals surface area contributed by atoms with Crippen LogP contribution in [0, 0.1) is 0 Å². The fourth-order valence-corrected chi connectivity index (χ4v) is 1.70. The Labute approximate surface area is 107 Å². The van der Waals surface area contributed by atoms with E-state index in [1.807, 2.05) is 35.1 Å². The fourth-order valence-electron chi connectivity index (χ4n) is 1.70. The first kappa shape index (κ1) is 12.6. The molecule has 0 saturated heterocycles. The second kappa shape index (κ2) is 5.23. The predicted octanol–water partition coefficient (Wildman–Crippen LogP) is 3.31. The SMILES string of the molecule is CC(C)n1cc(Oc2ccccc2[C@@H](C)O)cn1. The summed E-state index contributed by atoms with van der Waals surface area (Å²) in [6.07, 6.45) is 2.98. The van der Waals surface area contributed by atoms with E-state index >= 15 is 0 Å². The lowest BCUT2D eigenvalue weighted by atomic mass is 10.1. The van der Waals surface area contributed by atoms with Gasteiger partial charge in [0.05, 0.1) is 18.5 Å². The van der Waals surface area contributed by atoms with Gasteiger partial charge in [-0.25, -0.2) is 0 Å². The highest BCUT2D eigenvalue weighted by Gasteiger charge is 2.10. The zero-order valence-corrected chi connectivity index (χ0v) is 10.9. The minimum absolute atomic E-state index is 0.300. The van der Waals surface area contributed by atoms with Crippen LogP contribution in [0.5, 0.6) is 11.5 Å². The van der Waals surface area contributed by atoms with Crippen molar-refractivity contribution in [3.05, 3.63) is 42.2 Å². The van der Waals surface area contributed by atoms with E-state index in [0.29, 0.717) is 17.5 Å². The van der Waals surface area contributed by atoms with Crippen LogP contribution in [0.25, 0.3) is 0 Å². The summed E-state index contributed by atoms with van der Waals surface area (Å²) in [6.45, 7) is 5.83. The summed E-state index contributed by atoms with van der Waals surface area (Å²) in [5, 5.41) is 13.9. The lowest BCUT2D eigenvalue weighted by Crippen LogP contribution is -1.99. The minimum atomic E-state index is -0.554. The molecule has 1 aromatic heterocycles. The zero-order valence-electron chi connectivity index (χ0n) is 10.9. The van der Waals surface area contributed by atoms with Crippen molar-refractivity contribution in [3.8, 4) is 11.5 Å². The first-order valence-electron chi connectivity index (χ1n) is 6.07. The molecule has 2 rings (SSSR count). The highest BCUT2D eigenvalue weighted by atomic mass is 16.5. The number of aromatic nitrogens is 2. The molecule has 96 valence electrons. The molecule has 4 heteroatoms. The van der Waals surface area contributed by atoms with Crippen molar-refractivity contribution in [1.29, 1.82) is 0 Å². The topological polar surface area (TPSA) is 47.3 Å². The third-order valence-corrected chi connectivity index (χ3v) is 2.70. The lowest BCUT2D eigenvalue weighted by Gasteiger charge is -2.11. The molecular formula is C14H18N2O2. The van der Waals surface area contributed by atoms with Gasteiger partial charge < -0.3 is 9.84 Å². The summed E-state index contributed by atoms with van der Waals surface area (Å²) in [7, 11) is 0. The summed E-state index contributed by atoms with van der Waals surface area (Å²) in [4.78, 5) is 0. The molecule has 1 atom stereocenters. The second-order valence-electron chi connectivity index (χ2n) is 4.57. The molecular weight excluding hydrogens is 228 g/mol. The van der Waals surface area contributed by atoms with Gasteiger partial charge in [-0.05, 0) is 26.8 Å². The molecule has 4 nitrogen and oxygen atoms in total. The highest BCUT2D eigenvalue weighted by Crippen LogP contribution is 2.29. The molecule has 0 radical (unpaired) electrons. The van der Waals surface area contributed by atoms with Crippen LogP contribution in [-0.4, -0.2) is 14.9 Å². The fraction of sp³-hybridized carbons (Fsp3) is 0.357. The average Bonchev–Trinajstić information content (AvgIpc) is 2.78. The van der Waals surface area contributed by atoms with Gasteiger partial charge in [-0.2, -0.15) is 5.10 Å². The van der Waals surface area contributed by atoms with Crippen molar-refractivity contribution in [2.45, 2.75) is 32.9 Å². The number of para-hydroxylation sites is 1. The number of aliphatic hydroxyl groups is 1. The molecule has 0 bridgehead atoms. The van der Waals surface area contributed by atoms with Gasteiger partial charge in [0.15, 0.2) is 5.75 Å². The van der Waals surface area contributed by atoms with E-state index in [-0.39, 0.29) is 0 Å². The molecule has 0 aliphatic heterocycles. The second-order valence-corrected chi connectivity index (χ2v) is 4.57. The molecule has 0 fully saturated rings. The van der Waals surface area contributed by atoms with Gasteiger partial charge in [0.2, 0.25) is 0 Å². The van der Waals surface area contributed by atoms with Crippen LogP contribution in [0.4, 0.5) is 0 Å². The normalized spacial score (nSPS) is 12.7. The van der Waals surface area contributed by atoms with Crippen LogP contribution < -0.4 is 4.74 Å². The Morgan fingerprint density at radius 2 is 1.94 bits per heavy atom. The molecule has 1 N–H and O–H groups in total. The van der Waals surface area contributed by atoms with Crippen LogP contribution in [0.15, 0.2) is 36.7 Å². The summed E-state index contributed by atoms with van der Waals surface area (Å²) < 4.78 is 7.59. The van der Waals surface area contributed by atoms with Crippen LogP contribution in [0.2, 0.25) is 0 Å². The Morgan fingerprint density at radius 1 is 1.22 bits per heavy atom. The van der Waals surface area contributed by atoms with E-state index < -0.39 is 6.10 Å². The molecule has 0 aliphatic carbocycles. The van der Waals surface area contributed by atoms with E-state index in [2.05, 4.69) is 18.9 Å². The molecule has 0 amide bonds. The molecule has 0 spiro atoms. The number of nitrogens with zero attached hydrogens (tertiary/aromatic N) is 2. The number of aliphatic hydroxyl groups excluding tert-OH is 1. The van der Waals surface area contributed by atoms with E-state index in [4.69, 9.17) is 4.74 Å². The highest BCUT2D eigenvalue weighted by molar-refractivity contribution is 5.37. The molecule has 1 aromatic carbocycles. The monoisotopic (exact) mass is 246 g/mol. The maximum atomic E-state index is 9.68. The summed E-state index contributed by atoms with van der Waals surface area (Å²) >= 11 is 0. The van der Waals surface area contributed by atoms with Crippen molar-refractivity contribution < 1.29 is 9.84 Å². The molecule has 2 aromatic rings. The average molecular weight is 246 g/mol. The number of hydrogen-bond donors (Lipinski definition) is 1. The summed E-state index contributed by atoms with van der Waals surface area (Å²) in [6, 6.07) is 7.76. The third-order valence-electron chi connectivity index (χ3n) is 2.70. The van der Waals surface area contributed by atoms with Gasteiger partial charge in [-0.1, -0.05) is 18.2 Å². The van der Waals surface area contributed by atoms with Gasteiger partial charge in [0, 0.05) is 11.6 Å². The summed E-state index contributed by atoms with van der Waals surface area (Å²) in [5.41, 5.74) is 0.773. The first-order chi connectivity index (χ1) is 8.58. The molecule has 18 heavy (non-hydrogen) atoms. The Morgan fingerprint density at radius 3 is 2.56 bits per heavy atom. The minimum Gasteiger partial charge on any atom is -0.454 e. The van der Waals surface area contributed by atoms with E-state index in [1.165, 1.54) is 0 Å². The largest absolute Gasteiger partial charge is 0.454 e. The quantitative estimate of drug-likeness (QED) is 0.900. The van der Waals surface area contributed by atoms with Crippen molar-refractivity contribution in [1.82, 2.24) is 9.78 Å². The standard InChI is InChI=1S/C14H18N2O2/c1-10(2)16-9-12(8-15-16)18-14-7-5-4-6-13(14)11(3)17/h4-11,17H,1-3H3/t11-/m1/s1. The third kappa shape index (κ3) is 2.71. The number of rotatable bonds is 4. The molecule has 1 heterocycles. The lowest BCUT2D eigenvalue weighted by molar-refractivity contribution is 0.195. The van der Waals surface area contributed by atoms with Crippen LogP contribution in [-0.2, 0) is 0 Å². The predicted molar refractivity (Wildman–Crippen MR) is 69.8 cm³/mol.